The van der Waals surface area contributed by atoms with E-state index in [-0.39, 0.29) is 23.7 Å². The molecule has 1 aromatic rings. The van der Waals surface area contributed by atoms with Crippen LogP contribution in [0.2, 0.25) is 0 Å². The van der Waals surface area contributed by atoms with Gasteiger partial charge in [-0.1, -0.05) is 20.8 Å². The van der Waals surface area contributed by atoms with Gasteiger partial charge in [0.15, 0.2) is 6.61 Å². The number of aliphatic carboxylic acids is 1. The monoisotopic (exact) mass is 325 g/mol. The van der Waals surface area contributed by atoms with Gasteiger partial charge in [0, 0.05) is 5.69 Å². The fraction of sp³-hybridized carbons (Fsp3) is 0.500. The third-order valence-electron chi connectivity index (χ3n) is 3.03. The van der Waals surface area contributed by atoms with Crippen molar-refractivity contribution < 1.29 is 19.4 Å². The van der Waals surface area contributed by atoms with Crippen molar-refractivity contribution >= 4 is 29.3 Å². The number of hydrogen-bond donors (Lipinski definition) is 2. The maximum absolute atomic E-state index is 12.4. The van der Waals surface area contributed by atoms with E-state index in [4.69, 9.17) is 9.84 Å². The Hall–Kier alpha value is -1.69. The summed E-state index contributed by atoms with van der Waals surface area (Å²) in [5.41, 5.74) is 1.55. The number of carbonyl (C=O) groups excluding carboxylic acids is 1. The Bertz CT molecular complexity index is 531. The van der Waals surface area contributed by atoms with Crippen molar-refractivity contribution in [2.75, 3.05) is 17.7 Å². The van der Waals surface area contributed by atoms with Gasteiger partial charge in [-0.3, -0.25) is 4.79 Å². The molecule has 122 valence electrons. The lowest BCUT2D eigenvalue weighted by atomic mass is 10.1. The molecule has 6 heteroatoms. The van der Waals surface area contributed by atoms with Crippen LogP contribution in [0.1, 0.15) is 26.3 Å². The normalized spacial score (nSPS) is 12.0. The maximum atomic E-state index is 12.4. The second kappa shape index (κ2) is 8.68. The third kappa shape index (κ3) is 5.60. The number of carbonyl (C=O) groups is 2. The first kappa shape index (κ1) is 18.4. The first-order chi connectivity index (χ1) is 10.3. The number of rotatable bonds is 8. The number of carboxylic acid groups (broad SMARTS) is 1. The summed E-state index contributed by atoms with van der Waals surface area (Å²) in [5, 5.41) is 11.4. The van der Waals surface area contributed by atoms with Crippen LogP contribution in [0.5, 0.6) is 5.75 Å². The Morgan fingerprint density at radius 1 is 1.36 bits per heavy atom. The molecule has 0 saturated heterocycles. The van der Waals surface area contributed by atoms with E-state index in [1.807, 2.05) is 27.7 Å². The molecular formula is C16H23NO4S. The molecule has 0 heterocycles. The van der Waals surface area contributed by atoms with Crippen LogP contribution in [0, 0.1) is 12.8 Å². The Morgan fingerprint density at radius 2 is 2.05 bits per heavy atom. The van der Waals surface area contributed by atoms with Crippen LogP contribution >= 0.6 is 11.8 Å². The van der Waals surface area contributed by atoms with E-state index in [9.17, 15) is 9.59 Å². The molecule has 0 aliphatic carbocycles. The summed E-state index contributed by atoms with van der Waals surface area (Å²) in [6.07, 6.45) is 0. The van der Waals surface area contributed by atoms with Gasteiger partial charge in [-0.25, -0.2) is 4.79 Å². The molecule has 2 N–H and O–H groups in total. The number of aryl methyl sites for hydroxylation is 1. The van der Waals surface area contributed by atoms with Gasteiger partial charge in [0.05, 0.1) is 5.25 Å². The summed E-state index contributed by atoms with van der Waals surface area (Å²) in [4.78, 5) is 22.8. The van der Waals surface area contributed by atoms with Crippen molar-refractivity contribution in [1.29, 1.82) is 0 Å². The molecule has 0 bridgehead atoms. The zero-order valence-electron chi connectivity index (χ0n) is 13.4. The Morgan fingerprint density at radius 3 is 2.55 bits per heavy atom. The van der Waals surface area contributed by atoms with E-state index in [1.165, 1.54) is 0 Å². The van der Waals surface area contributed by atoms with Gasteiger partial charge >= 0.3 is 5.97 Å². The van der Waals surface area contributed by atoms with E-state index in [1.54, 1.807) is 30.0 Å². The minimum atomic E-state index is -1.02. The summed E-state index contributed by atoms with van der Waals surface area (Å²) in [5.74, 6) is 0.581. The maximum Gasteiger partial charge on any atom is 0.341 e. The highest BCUT2D eigenvalue weighted by Crippen LogP contribution is 2.25. The fourth-order valence-electron chi connectivity index (χ4n) is 1.97. The van der Waals surface area contributed by atoms with Gasteiger partial charge in [0.2, 0.25) is 5.91 Å². The summed E-state index contributed by atoms with van der Waals surface area (Å²) >= 11 is 1.63. The van der Waals surface area contributed by atoms with Crippen LogP contribution in [-0.4, -0.2) is 34.6 Å². The SMILES string of the molecule is CCS[C@H](C(=O)Nc1ccc(OCC(=O)O)cc1C)C(C)C. The van der Waals surface area contributed by atoms with Gasteiger partial charge < -0.3 is 15.2 Å². The zero-order valence-corrected chi connectivity index (χ0v) is 14.2. The van der Waals surface area contributed by atoms with Gasteiger partial charge in [-0.05, 0) is 42.4 Å². The van der Waals surface area contributed by atoms with E-state index < -0.39 is 5.97 Å². The molecule has 0 aliphatic rings. The predicted octanol–water partition coefficient (Wildman–Crippen LogP) is 3.17. The largest absolute Gasteiger partial charge is 0.482 e. The second-order valence-electron chi connectivity index (χ2n) is 5.27. The average molecular weight is 325 g/mol. The number of anilines is 1. The lowest BCUT2D eigenvalue weighted by Gasteiger charge is -2.20. The molecule has 0 spiro atoms. The number of hydrogen-bond acceptors (Lipinski definition) is 4. The average Bonchev–Trinajstić information content (AvgIpc) is 2.44. The number of benzene rings is 1. The third-order valence-corrected chi connectivity index (χ3v) is 4.48. The highest BCUT2D eigenvalue weighted by molar-refractivity contribution is 8.00. The fourth-order valence-corrected chi connectivity index (χ4v) is 2.92. The molecule has 0 aromatic heterocycles. The van der Waals surface area contributed by atoms with E-state index >= 15 is 0 Å². The Balaban J connectivity index is 2.76. The van der Waals surface area contributed by atoms with Crippen molar-refractivity contribution in [2.45, 2.75) is 32.9 Å². The molecule has 5 nitrogen and oxygen atoms in total. The number of ether oxygens (including phenoxy) is 1. The molecule has 0 saturated carbocycles. The zero-order chi connectivity index (χ0) is 16.7. The number of nitrogens with one attached hydrogen (secondary N) is 1. The van der Waals surface area contributed by atoms with E-state index in [0.717, 1.165) is 17.0 Å². The van der Waals surface area contributed by atoms with Crippen molar-refractivity contribution in [3.8, 4) is 5.75 Å². The van der Waals surface area contributed by atoms with Crippen molar-refractivity contribution in [1.82, 2.24) is 0 Å². The van der Waals surface area contributed by atoms with Crippen molar-refractivity contribution in [3.05, 3.63) is 23.8 Å². The second-order valence-corrected chi connectivity index (χ2v) is 6.69. The van der Waals surface area contributed by atoms with Gasteiger partial charge in [0.25, 0.3) is 0 Å². The molecule has 0 radical (unpaired) electrons. The van der Waals surface area contributed by atoms with Crippen molar-refractivity contribution in [3.63, 3.8) is 0 Å². The number of carboxylic acids is 1. The molecule has 22 heavy (non-hydrogen) atoms. The smallest absolute Gasteiger partial charge is 0.341 e. The quantitative estimate of drug-likeness (QED) is 0.768. The van der Waals surface area contributed by atoms with E-state index in [2.05, 4.69) is 5.32 Å². The van der Waals surface area contributed by atoms with Crippen LogP contribution in [0.4, 0.5) is 5.69 Å². The number of thioether (sulfide) groups is 1. The molecule has 1 atom stereocenters. The van der Waals surface area contributed by atoms with Gasteiger partial charge in [0.1, 0.15) is 5.75 Å². The van der Waals surface area contributed by atoms with Gasteiger partial charge in [-0.15, -0.1) is 11.8 Å². The Labute approximate surface area is 135 Å². The molecule has 0 fully saturated rings. The highest BCUT2D eigenvalue weighted by Gasteiger charge is 2.22. The first-order valence-corrected chi connectivity index (χ1v) is 8.27. The molecule has 1 aromatic carbocycles. The topological polar surface area (TPSA) is 75.6 Å². The minimum Gasteiger partial charge on any atom is -0.482 e. The van der Waals surface area contributed by atoms with Crippen LogP contribution in [-0.2, 0) is 9.59 Å². The summed E-state index contributed by atoms with van der Waals surface area (Å²) in [6.45, 7) is 7.56. The van der Waals surface area contributed by atoms with Gasteiger partial charge in [-0.2, -0.15) is 0 Å². The summed E-state index contributed by atoms with van der Waals surface area (Å²) < 4.78 is 5.12. The standard InChI is InChI=1S/C16H23NO4S/c1-5-22-15(10(2)3)16(20)17-13-7-6-12(8-11(13)4)21-9-14(18)19/h6-8,10,15H,5,9H2,1-4H3,(H,17,20)(H,18,19)/t15-/m0/s1. The predicted molar refractivity (Wildman–Crippen MR) is 89.7 cm³/mol. The van der Waals surface area contributed by atoms with E-state index in [0.29, 0.717) is 5.75 Å². The number of amides is 1. The Kier molecular flexibility index (Phi) is 7.24. The summed E-state index contributed by atoms with van der Waals surface area (Å²) in [7, 11) is 0. The van der Waals surface area contributed by atoms with Crippen LogP contribution in [0.15, 0.2) is 18.2 Å². The van der Waals surface area contributed by atoms with Crippen LogP contribution in [0.25, 0.3) is 0 Å². The molecule has 1 rings (SSSR count). The first-order valence-electron chi connectivity index (χ1n) is 7.22. The van der Waals surface area contributed by atoms with Crippen LogP contribution < -0.4 is 10.1 Å². The highest BCUT2D eigenvalue weighted by atomic mass is 32.2. The summed E-state index contributed by atoms with van der Waals surface area (Å²) in [6, 6.07) is 5.11. The molecule has 1 amide bonds. The molecule has 0 aliphatic heterocycles. The molecule has 0 unspecified atom stereocenters. The van der Waals surface area contributed by atoms with Crippen LogP contribution in [0.3, 0.4) is 0 Å². The lowest BCUT2D eigenvalue weighted by Crippen LogP contribution is -2.30. The molecular weight excluding hydrogens is 302 g/mol. The lowest BCUT2D eigenvalue weighted by molar-refractivity contribution is -0.139. The minimum absolute atomic E-state index is 0.0100. The van der Waals surface area contributed by atoms with Crippen molar-refractivity contribution in [2.24, 2.45) is 5.92 Å².